The second-order valence-corrected chi connectivity index (χ2v) is 13.4. The maximum absolute atomic E-state index is 14.4. The number of carbonyl (C=O) groups excluding carboxylic acids is 2. The van der Waals surface area contributed by atoms with Gasteiger partial charge < -0.3 is 10.2 Å². The Labute approximate surface area is 265 Å². The van der Waals surface area contributed by atoms with Gasteiger partial charge in [0.2, 0.25) is 11.8 Å². The zero-order chi connectivity index (χ0) is 31.9. The highest BCUT2D eigenvalue weighted by atomic mass is 35.5. The lowest BCUT2D eigenvalue weighted by Crippen LogP contribution is -2.54. The Balaban J connectivity index is 1.81. The third-order valence-electron chi connectivity index (χ3n) is 7.23. The first-order chi connectivity index (χ1) is 21.0. The number of nitrogens with one attached hydrogen (secondary N) is 1. The van der Waals surface area contributed by atoms with Crippen LogP contribution in [0.3, 0.4) is 0 Å². The molecule has 0 radical (unpaired) electrons. The van der Waals surface area contributed by atoms with Crippen molar-refractivity contribution < 1.29 is 18.0 Å². The van der Waals surface area contributed by atoms with E-state index in [4.69, 9.17) is 11.6 Å². The zero-order valence-corrected chi connectivity index (χ0v) is 27.0. The van der Waals surface area contributed by atoms with Crippen LogP contribution in [0.1, 0.15) is 36.1 Å². The molecule has 0 heterocycles. The molecule has 2 amide bonds. The molecule has 4 aromatic carbocycles. The zero-order valence-electron chi connectivity index (χ0n) is 25.4. The van der Waals surface area contributed by atoms with Crippen LogP contribution in [0, 0.1) is 13.8 Å². The average Bonchev–Trinajstić information content (AvgIpc) is 3.00. The second kappa shape index (κ2) is 14.6. The number of nitrogens with zero attached hydrogens (tertiary/aromatic N) is 2. The molecule has 1 atom stereocenters. The number of amides is 2. The van der Waals surface area contributed by atoms with Gasteiger partial charge >= 0.3 is 0 Å². The van der Waals surface area contributed by atoms with Gasteiger partial charge in [0.05, 0.1) is 10.6 Å². The van der Waals surface area contributed by atoms with Gasteiger partial charge in [-0.05, 0) is 68.7 Å². The molecular weight excluding hydrogens is 594 g/mol. The molecule has 0 fully saturated rings. The van der Waals surface area contributed by atoms with Gasteiger partial charge in [-0.1, -0.05) is 96.0 Å². The number of anilines is 1. The van der Waals surface area contributed by atoms with Gasteiger partial charge in [-0.3, -0.25) is 13.9 Å². The van der Waals surface area contributed by atoms with Crippen LogP contribution in [0.2, 0.25) is 5.02 Å². The van der Waals surface area contributed by atoms with Gasteiger partial charge in [0, 0.05) is 24.0 Å². The van der Waals surface area contributed by atoms with Crippen LogP contribution in [-0.2, 0) is 32.6 Å². The summed E-state index contributed by atoms with van der Waals surface area (Å²) in [6.07, 6.45) is 0.249. The predicted molar refractivity (Wildman–Crippen MR) is 176 cm³/mol. The van der Waals surface area contributed by atoms with Crippen molar-refractivity contribution in [3.05, 3.63) is 130 Å². The number of benzene rings is 4. The standard InChI is InChI=1S/C35H38ClN3O4S/c1-25(2)37-35(41)33(21-28-11-7-5-8-12-28)38(23-29-13-9-6-10-14-29)34(40)24-39(30-18-17-27(4)32(36)22-30)44(42,43)31-19-15-26(3)16-20-31/h5-20,22,25,33H,21,23-24H2,1-4H3,(H,37,41)/t33-/m0/s1. The topological polar surface area (TPSA) is 86.8 Å². The third kappa shape index (κ3) is 8.27. The molecule has 0 saturated carbocycles. The van der Waals surface area contributed by atoms with Crippen molar-refractivity contribution in [2.45, 2.75) is 57.6 Å². The molecule has 0 aliphatic heterocycles. The fraction of sp³-hybridized carbons (Fsp3) is 0.257. The number of aryl methyl sites for hydroxylation is 2. The quantitative estimate of drug-likeness (QED) is 0.198. The summed E-state index contributed by atoms with van der Waals surface area (Å²) in [5.41, 5.74) is 3.60. The van der Waals surface area contributed by atoms with Crippen LogP contribution in [0.5, 0.6) is 0 Å². The van der Waals surface area contributed by atoms with E-state index >= 15 is 0 Å². The monoisotopic (exact) mass is 631 g/mol. The first kappa shape index (κ1) is 32.8. The van der Waals surface area contributed by atoms with E-state index in [2.05, 4.69) is 5.32 Å². The van der Waals surface area contributed by atoms with Gasteiger partial charge in [-0.15, -0.1) is 0 Å². The summed E-state index contributed by atoms with van der Waals surface area (Å²) < 4.78 is 29.3. The van der Waals surface area contributed by atoms with Gasteiger partial charge in [-0.2, -0.15) is 0 Å². The van der Waals surface area contributed by atoms with E-state index in [9.17, 15) is 18.0 Å². The fourth-order valence-corrected chi connectivity index (χ4v) is 6.40. The van der Waals surface area contributed by atoms with Gasteiger partial charge in [0.1, 0.15) is 12.6 Å². The summed E-state index contributed by atoms with van der Waals surface area (Å²) in [7, 11) is -4.20. The lowest BCUT2D eigenvalue weighted by atomic mass is 10.0. The van der Waals surface area contributed by atoms with Crippen molar-refractivity contribution in [1.82, 2.24) is 10.2 Å². The Hall–Kier alpha value is -4.14. The van der Waals surface area contributed by atoms with Crippen molar-refractivity contribution in [2.24, 2.45) is 0 Å². The van der Waals surface area contributed by atoms with Crippen LogP contribution in [-0.4, -0.2) is 43.8 Å². The van der Waals surface area contributed by atoms with Crippen LogP contribution in [0.25, 0.3) is 0 Å². The highest BCUT2D eigenvalue weighted by Crippen LogP contribution is 2.29. The molecule has 0 aromatic heterocycles. The lowest BCUT2D eigenvalue weighted by Gasteiger charge is -2.34. The molecule has 0 aliphatic carbocycles. The number of sulfonamides is 1. The molecule has 0 aliphatic rings. The first-order valence-corrected chi connectivity index (χ1v) is 16.3. The maximum Gasteiger partial charge on any atom is 0.264 e. The van der Waals surface area contributed by atoms with Gasteiger partial charge in [0.25, 0.3) is 10.0 Å². The number of rotatable bonds is 12. The molecule has 0 unspecified atom stereocenters. The number of hydrogen-bond donors (Lipinski definition) is 1. The molecule has 9 heteroatoms. The summed E-state index contributed by atoms with van der Waals surface area (Å²) in [6.45, 7) is 6.97. The second-order valence-electron chi connectivity index (χ2n) is 11.1. The van der Waals surface area contributed by atoms with Crippen molar-refractivity contribution in [1.29, 1.82) is 0 Å². The highest BCUT2D eigenvalue weighted by molar-refractivity contribution is 7.92. The normalized spacial score (nSPS) is 12.0. The highest BCUT2D eigenvalue weighted by Gasteiger charge is 2.35. The first-order valence-electron chi connectivity index (χ1n) is 14.5. The third-order valence-corrected chi connectivity index (χ3v) is 9.42. The molecule has 230 valence electrons. The molecule has 44 heavy (non-hydrogen) atoms. The molecule has 7 nitrogen and oxygen atoms in total. The summed E-state index contributed by atoms with van der Waals surface area (Å²) >= 11 is 6.44. The minimum Gasteiger partial charge on any atom is -0.352 e. The van der Waals surface area contributed by atoms with Crippen LogP contribution in [0.15, 0.2) is 108 Å². The van der Waals surface area contributed by atoms with Crippen molar-refractivity contribution >= 4 is 39.1 Å². The number of carbonyl (C=O) groups is 2. The van der Waals surface area contributed by atoms with Gasteiger partial charge in [-0.25, -0.2) is 8.42 Å². The van der Waals surface area contributed by atoms with Crippen molar-refractivity contribution in [3.8, 4) is 0 Å². The molecule has 0 saturated heterocycles. The predicted octanol–water partition coefficient (Wildman–Crippen LogP) is 6.32. The smallest absolute Gasteiger partial charge is 0.264 e. The Bertz CT molecular complexity index is 1680. The van der Waals surface area contributed by atoms with E-state index < -0.39 is 28.5 Å². The van der Waals surface area contributed by atoms with E-state index in [1.165, 1.54) is 17.0 Å². The van der Waals surface area contributed by atoms with Gasteiger partial charge in [0.15, 0.2) is 0 Å². The molecule has 0 spiro atoms. The lowest BCUT2D eigenvalue weighted by molar-refractivity contribution is -0.140. The van der Waals surface area contributed by atoms with Crippen molar-refractivity contribution in [2.75, 3.05) is 10.8 Å². The summed E-state index contributed by atoms with van der Waals surface area (Å²) in [5.74, 6) is -0.847. The average molecular weight is 632 g/mol. The molecular formula is C35H38ClN3O4S. The summed E-state index contributed by atoms with van der Waals surface area (Å²) in [4.78, 5) is 29.7. The largest absolute Gasteiger partial charge is 0.352 e. The number of halogens is 1. The Morgan fingerprint density at radius 1 is 0.818 bits per heavy atom. The van der Waals surface area contributed by atoms with E-state index in [-0.39, 0.29) is 35.5 Å². The van der Waals surface area contributed by atoms with E-state index in [0.29, 0.717) is 5.02 Å². The maximum atomic E-state index is 14.4. The van der Waals surface area contributed by atoms with Crippen LogP contribution in [0.4, 0.5) is 5.69 Å². The van der Waals surface area contributed by atoms with E-state index in [1.807, 2.05) is 88.4 Å². The van der Waals surface area contributed by atoms with E-state index in [0.717, 1.165) is 26.6 Å². The fourth-order valence-electron chi connectivity index (χ4n) is 4.82. The number of hydrogen-bond acceptors (Lipinski definition) is 4. The minimum atomic E-state index is -4.20. The molecule has 0 bridgehead atoms. The molecule has 1 N–H and O–H groups in total. The Morgan fingerprint density at radius 3 is 1.98 bits per heavy atom. The van der Waals surface area contributed by atoms with Crippen molar-refractivity contribution in [3.63, 3.8) is 0 Å². The van der Waals surface area contributed by atoms with E-state index in [1.54, 1.807) is 30.3 Å². The SMILES string of the molecule is Cc1ccc(S(=O)(=O)N(CC(=O)N(Cc2ccccc2)[C@@H](Cc2ccccc2)C(=O)NC(C)C)c2ccc(C)c(Cl)c2)cc1. The minimum absolute atomic E-state index is 0.0422. The van der Waals surface area contributed by atoms with Crippen LogP contribution >= 0.6 is 11.6 Å². The summed E-state index contributed by atoms with van der Waals surface area (Å²) in [5, 5.41) is 3.34. The van der Waals surface area contributed by atoms with Crippen LogP contribution < -0.4 is 9.62 Å². The summed E-state index contributed by atoms with van der Waals surface area (Å²) in [6, 6.07) is 29.1. The Morgan fingerprint density at radius 2 is 1.41 bits per heavy atom. The molecule has 4 rings (SSSR count). The molecule has 4 aromatic rings. The Kier molecular flexibility index (Phi) is 10.8.